The van der Waals surface area contributed by atoms with Crippen molar-refractivity contribution in [1.29, 1.82) is 5.26 Å². The van der Waals surface area contributed by atoms with Gasteiger partial charge in [0.1, 0.15) is 17.5 Å². The third-order valence-corrected chi connectivity index (χ3v) is 5.80. The highest BCUT2D eigenvalue weighted by Crippen LogP contribution is 2.30. The van der Waals surface area contributed by atoms with Crippen molar-refractivity contribution in [2.24, 2.45) is 0 Å². The summed E-state index contributed by atoms with van der Waals surface area (Å²) in [6.07, 6.45) is 1.63. The molecule has 0 bridgehead atoms. The van der Waals surface area contributed by atoms with E-state index >= 15 is 0 Å². The number of halogens is 1. The van der Waals surface area contributed by atoms with Gasteiger partial charge in [0.15, 0.2) is 6.29 Å². The van der Waals surface area contributed by atoms with Gasteiger partial charge in [0.05, 0.1) is 35.9 Å². The Morgan fingerprint density at radius 3 is 2.59 bits per heavy atom. The second kappa shape index (κ2) is 11.1. The standard InChI is InChI=1S/C28H29FN2O6/c1-28(2,3)37-27(33)31-12-11-19-16-20(6-8-23(19)31)24(9-10-25-34-13-4-14-35-25)36-26(32)21-7-5-18(17-30)15-22(21)29/h5-8,11-12,15-16,24-25H,4,9-10,13-14H2,1-3H3. The fourth-order valence-corrected chi connectivity index (χ4v) is 4.06. The monoisotopic (exact) mass is 508 g/mol. The summed E-state index contributed by atoms with van der Waals surface area (Å²) in [6, 6.07) is 12.6. The van der Waals surface area contributed by atoms with Gasteiger partial charge in [-0.15, -0.1) is 0 Å². The Labute approximate surface area is 214 Å². The molecular weight excluding hydrogens is 479 g/mol. The molecule has 4 rings (SSSR count). The Morgan fingerprint density at radius 1 is 1.16 bits per heavy atom. The highest BCUT2D eigenvalue weighted by molar-refractivity contribution is 5.91. The smallest absolute Gasteiger partial charge is 0.418 e. The van der Waals surface area contributed by atoms with Crippen molar-refractivity contribution in [2.75, 3.05) is 13.2 Å². The van der Waals surface area contributed by atoms with Crippen LogP contribution in [0, 0.1) is 17.1 Å². The van der Waals surface area contributed by atoms with E-state index in [9.17, 15) is 14.0 Å². The van der Waals surface area contributed by atoms with Crippen molar-refractivity contribution in [3.63, 3.8) is 0 Å². The van der Waals surface area contributed by atoms with E-state index in [4.69, 9.17) is 24.2 Å². The molecule has 0 N–H and O–H groups in total. The molecule has 1 unspecified atom stereocenters. The van der Waals surface area contributed by atoms with Gasteiger partial charge in [-0.25, -0.2) is 14.0 Å². The Bertz CT molecular complexity index is 1330. The molecule has 0 amide bonds. The minimum Gasteiger partial charge on any atom is -0.454 e. The van der Waals surface area contributed by atoms with Crippen molar-refractivity contribution >= 4 is 23.0 Å². The second-order valence-electron chi connectivity index (χ2n) is 9.79. The molecule has 0 aliphatic carbocycles. The minimum absolute atomic E-state index is 0.108. The Kier molecular flexibility index (Phi) is 7.91. The molecule has 1 aliphatic heterocycles. The number of fused-ring (bicyclic) bond motifs is 1. The lowest BCUT2D eigenvalue weighted by atomic mass is 10.0. The zero-order valence-electron chi connectivity index (χ0n) is 21.0. The molecule has 0 saturated carbocycles. The van der Waals surface area contributed by atoms with Gasteiger partial charge in [-0.1, -0.05) is 6.07 Å². The molecule has 9 heteroatoms. The molecule has 1 aromatic heterocycles. The van der Waals surface area contributed by atoms with Crippen LogP contribution in [0.4, 0.5) is 9.18 Å². The third kappa shape index (κ3) is 6.53. The van der Waals surface area contributed by atoms with Gasteiger partial charge in [-0.3, -0.25) is 4.57 Å². The van der Waals surface area contributed by atoms with E-state index in [1.807, 2.05) is 12.1 Å². The zero-order valence-corrected chi connectivity index (χ0v) is 21.0. The van der Waals surface area contributed by atoms with Gasteiger partial charge >= 0.3 is 12.1 Å². The number of carbonyl (C=O) groups is 2. The van der Waals surface area contributed by atoms with Crippen LogP contribution >= 0.6 is 0 Å². The number of ether oxygens (including phenoxy) is 4. The summed E-state index contributed by atoms with van der Waals surface area (Å²) in [5, 5.41) is 9.72. The van der Waals surface area contributed by atoms with Crippen LogP contribution in [-0.2, 0) is 18.9 Å². The molecule has 1 atom stereocenters. The van der Waals surface area contributed by atoms with E-state index < -0.39 is 35.9 Å². The number of nitriles is 1. The maximum atomic E-state index is 14.5. The normalized spacial score (nSPS) is 15.2. The first-order chi connectivity index (χ1) is 17.6. The quantitative estimate of drug-likeness (QED) is 0.384. The summed E-state index contributed by atoms with van der Waals surface area (Å²) in [6.45, 7) is 6.57. The molecule has 3 aromatic rings. The lowest BCUT2D eigenvalue weighted by Gasteiger charge is -2.25. The Morgan fingerprint density at radius 2 is 1.92 bits per heavy atom. The number of hydrogen-bond acceptors (Lipinski definition) is 7. The van der Waals surface area contributed by atoms with Gasteiger partial charge in [-0.2, -0.15) is 5.26 Å². The van der Waals surface area contributed by atoms with Crippen LogP contribution in [0.5, 0.6) is 0 Å². The summed E-state index contributed by atoms with van der Waals surface area (Å²) in [5.41, 5.74) is 0.521. The van der Waals surface area contributed by atoms with E-state index in [2.05, 4.69) is 0 Å². The average Bonchev–Trinajstić information content (AvgIpc) is 3.29. The van der Waals surface area contributed by atoms with E-state index in [0.29, 0.717) is 37.1 Å². The molecule has 1 fully saturated rings. The van der Waals surface area contributed by atoms with Crippen LogP contribution in [0.15, 0.2) is 48.7 Å². The van der Waals surface area contributed by atoms with Crippen LogP contribution in [0.3, 0.4) is 0 Å². The van der Waals surface area contributed by atoms with Crippen molar-refractivity contribution < 1.29 is 32.9 Å². The van der Waals surface area contributed by atoms with Crippen LogP contribution in [0.1, 0.15) is 67.6 Å². The summed E-state index contributed by atoms with van der Waals surface area (Å²) in [5.74, 6) is -1.67. The maximum Gasteiger partial charge on any atom is 0.418 e. The van der Waals surface area contributed by atoms with E-state index in [1.165, 1.54) is 16.7 Å². The fourth-order valence-electron chi connectivity index (χ4n) is 4.06. The highest BCUT2D eigenvalue weighted by atomic mass is 19.1. The number of hydrogen-bond donors (Lipinski definition) is 0. The molecule has 1 saturated heterocycles. The number of benzene rings is 2. The number of carbonyl (C=O) groups excluding carboxylic acids is 2. The highest BCUT2D eigenvalue weighted by Gasteiger charge is 2.25. The zero-order chi connectivity index (χ0) is 26.6. The maximum absolute atomic E-state index is 14.5. The first-order valence-corrected chi connectivity index (χ1v) is 12.1. The molecule has 0 spiro atoms. The summed E-state index contributed by atoms with van der Waals surface area (Å²) < 4.78 is 38.4. The van der Waals surface area contributed by atoms with Gasteiger partial charge in [0.2, 0.25) is 0 Å². The lowest BCUT2D eigenvalue weighted by molar-refractivity contribution is -0.183. The van der Waals surface area contributed by atoms with Gasteiger partial charge in [-0.05, 0) is 75.6 Å². The second-order valence-corrected chi connectivity index (χ2v) is 9.79. The number of nitrogens with zero attached hydrogens (tertiary/aromatic N) is 2. The molecule has 8 nitrogen and oxygen atoms in total. The van der Waals surface area contributed by atoms with E-state index in [1.54, 1.807) is 45.2 Å². The summed E-state index contributed by atoms with van der Waals surface area (Å²) >= 11 is 0. The first-order valence-electron chi connectivity index (χ1n) is 12.1. The van der Waals surface area contributed by atoms with Crippen molar-refractivity contribution in [2.45, 2.75) is 58.0 Å². The van der Waals surface area contributed by atoms with E-state index in [0.717, 1.165) is 17.9 Å². The number of rotatable bonds is 6. The fraction of sp³-hybridized carbons (Fsp3) is 0.393. The predicted molar refractivity (Wildman–Crippen MR) is 132 cm³/mol. The lowest BCUT2D eigenvalue weighted by Crippen LogP contribution is -2.26. The Balaban J connectivity index is 1.59. The minimum atomic E-state index is -0.844. The van der Waals surface area contributed by atoms with Crippen LogP contribution < -0.4 is 0 Å². The largest absolute Gasteiger partial charge is 0.454 e. The van der Waals surface area contributed by atoms with Crippen molar-refractivity contribution in [1.82, 2.24) is 4.57 Å². The van der Waals surface area contributed by atoms with Crippen LogP contribution in [0.2, 0.25) is 0 Å². The molecule has 2 heterocycles. The topological polar surface area (TPSA) is 99.8 Å². The molecule has 1 aliphatic rings. The molecular formula is C28H29FN2O6. The van der Waals surface area contributed by atoms with Crippen molar-refractivity contribution in [3.05, 3.63) is 71.2 Å². The van der Waals surface area contributed by atoms with Crippen molar-refractivity contribution in [3.8, 4) is 6.07 Å². The third-order valence-electron chi connectivity index (χ3n) is 5.80. The SMILES string of the molecule is CC(C)(C)OC(=O)n1ccc2cc(C(CCC3OCCCO3)OC(=O)c3ccc(C#N)cc3F)ccc21. The molecule has 194 valence electrons. The summed E-state index contributed by atoms with van der Waals surface area (Å²) in [4.78, 5) is 25.5. The van der Waals surface area contributed by atoms with Gasteiger partial charge in [0.25, 0.3) is 0 Å². The molecule has 37 heavy (non-hydrogen) atoms. The molecule has 0 radical (unpaired) electrons. The van der Waals surface area contributed by atoms with Gasteiger partial charge < -0.3 is 18.9 Å². The van der Waals surface area contributed by atoms with E-state index in [-0.39, 0.29) is 11.1 Å². The molecule has 2 aromatic carbocycles. The number of esters is 1. The van der Waals surface area contributed by atoms with Gasteiger partial charge in [0, 0.05) is 18.0 Å². The van der Waals surface area contributed by atoms with Crippen LogP contribution in [-0.4, -0.2) is 41.7 Å². The first kappa shape index (κ1) is 26.3. The van der Waals surface area contributed by atoms with Crippen LogP contribution in [0.25, 0.3) is 10.9 Å². The Hall–Kier alpha value is -3.74. The average molecular weight is 509 g/mol. The summed E-state index contributed by atoms with van der Waals surface area (Å²) in [7, 11) is 0. The predicted octanol–water partition coefficient (Wildman–Crippen LogP) is 5.88. The number of aromatic nitrogens is 1.